The molecule has 0 saturated heterocycles. The Balaban J connectivity index is 2.84. The fraction of sp³-hybridized carbons (Fsp3) is 0.842. The minimum absolute atomic E-state index is 0.793. The minimum Gasteiger partial charge on any atom is -0.494 e. The van der Waals surface area contributed by atoms with Gasteiger partial charge < -0.3 is 4.74 Å². The molecular formula is C38H70O. The second-order valence-corrected chi connectivity index (χ2v) is 12.7. The van der Waals surface area contributed by atoms with Crippen molar-refractivity contribution >= 4 is 0 Å². The first kappa shape index (κ1) is 36.0. The standard InChI is InChI=1S/C38H70O/c1-9-21-32(11-3)37(15-7)34(13-5)24-20-23-31(29-30-39-36-25-18-17-19-26-36)27-28-35(14-6)38(16-8)33(12-4)22-10-2/h17-19,25-26,31-35,37-38H,9-16,20-24,27-30H2,1-8H3. The molecule has 0 N–H and O–H groups in total. The summed E-state index contributed by atoms with van der Waals surface area (Å²) in [6.45, 7) is 20.3. The van der Waals surface area contributed by atoms with E-state index in [1.165, 1.54) is 103 Å². The molecule has 0 heterocycles. The Hall–Kier alpha value is -0.980. The predicted octanol–water partition coefficient (Wildman–Crippen LogP) is 12.8. The largest absolute Gasteiger partial charge is 0.494 e. The van der Waals surface area contributed by atoms with Crippen LogP contribution < -0.4 is 4.74 Å². The van der Waals surface area contributed by atoms with Gasteiger partial charge in [0.1, 0.15) is 5.75 Å². The van der Waals surface area contributed by atoms with E-state index >= 15 is 0 Å². The van der Waals surface area contributed by atoms with Gasteiger partial charge in [0.25, 0.3) is 0 Å². The monoisotopic (exact) mass is 543 g/mol. The smallest absolute Gasteiger partial charge is 0.119 e. The average Bonchev–Trinajstić information content (AvgIpc) is 2.97. The van der Waals surface area contributed by atoms with Gasteiger partial charge in [-0.3, -0.25) is 0 Å². The van der Waals surface area contributed by atoms with Crippen LogP contribution in [0.15, 0.2) is 30.3 Å². The SMILES string of the molecule is CCCC(CC)C(CC)C(CC)CCCC(CCOc1ccccc1)CCC(CC)C(CC)C(CC)CCC. The fourth-order valence-electron chi connectivity index (χ4n) is 8.14. The molecule has 1 rings (SSSR count). The molecule has 7 atom stereocenters. The van der Waals surface area contributed by atoms with E-state index in [0.717, 1.165) is 53.8 Å². The lowest BCUT2D eigenvalue weighted by molar-refractivity contribution is 0.164. The van der Waals surface area contributed by atoms with Crippen molar-refractivity contribution in [1.82, 2.24) is 0 Å². The van der Waals surface area contributed by atoms with Crippen LogP contribution >= 0.6 is 0 Å². The van der Waals surface area contributed by atoms with Crippen molar-refractivity contribution in [1.29, 1.82) is 0 Å². The molecule has 228 valence electrons. The zero-order valence-electron chi connectivity index (χ0n) is 27.9. The lowest BCUT2D eigenvalue weighted by atomic mass is 9.72. The topological polar surface area (TPSA) is 9.23 Å². The highest BCUT2D eigenvalue weighted by atomic mass is 16.5. The third-order valence-electron chi connectivity index (χ3n) is 10.5. The first-order chi connectivity index (χ1) is 19.0. The molecule has 1 nitrogen and oxygen atoms in total. The van der Waals surface area contributed by atoms with Crippen LogP contribution in [0.25, 0.3) is 0 Å². The average molecular weight is 543 g/mol. The van der Waals surface area contributed by atoms with E-state index in [0.29, 0.717) is 0 Å². The van der Waals surface area contributed by atoms with Gasteiger partial charge in [0, 0.05) is 0 Å². The molecule has 0 aliphatic heterocycles. The lowest BCUT2D eigenvalue weighted by Crippen LogP contribution is -2.24. The summed E-state index contributed by atoms with van der Waals surface area (Å²) in [5.41, 5.74) is 0. The Labute approximate surface area is 246 Å². The van der Waals surface area contributed by atoms with Crippen LogP contribution in [0, 0.1) is 41.4 Å². The molecule has 1 aromatic carbocycles. The zero-order valence-corrected chi connectivity index (χ0v) is 27.9. The molecule has 0 aliphatic carbocycles. The molecular weight excluding hydrogens is 472 g/mol. The maximum atomic E-state index is 6.20. The summed E-state index contributed by atoms with van der Waals surface area (Å²) in [6.07, 6.45) is 21.8. The first-order valence-corrected chi connectivity index (χ1v) is 17.7. The van der Waals surface area contributed by atoms with Crippen LogP contribution in [0.3, 0.4) is 0 Å². The van der Waals surface area contributed by atoms with Gasteiger partial charge in [0.2, 0.25) is 0 Å². The quantitative estimate of drug-likeness (QED) is 0.119. The Kier molecular flexibility index (Phi) is 21.0. The van der Waals surface area contributed by atoms with E-state index in [1.807, 2.05) is 0 Å². The Bertz CT molecular complexity index is 654. The Morgan fingerprint density at radius 1 is 0.487 bits per heavy atom. The second-order valence-electron chi connectivity index (χ2n) is 12.7. The summed E-state index contributed by atoms with van der Waals surface area (Å²) in [4.78, 5) is 0. The minimum atomic E-state index is 0.793. The predicted molar refractivity (Wildman–Crippen MR) is 176 cm³/mol. The molecule has 0 aromatic heterocycles. The molecule has 0 aliphatic rings. The molecule has 7 unspecified atom stereocenters. The van der Waals surface area contributed by atoms with Crippen LogP contribution in [0.4, 0.5) is 0 Å². The first-order valence-electron chi connectivity index (χ1n) is 17.7. The number of hydrogen-bond donors (Lipinski definition) is 0. The fourth-order valence-corrected chi connectivity index (χ4v) is 8.14. The lowest BCUT2D eigenvalue weighted by Gasteiger charge is -2.34. The van der Waals surface area contributed by atoms with Crippen LogP contribution in [-0.4, -0.2) is 6.61 Å². The van der Waals surface area contributed by atoms with Gasteiger partial charge in [-0.15, -0.1) is 0 Å². The van der Waals surface area contributed by atoms with Gasteiger partial charge in [0.15, 0.2) is 0 Å². The van der Waals surface area contributed by atoms with Crippen molar-refractivity contribution in [2.75, 3.05) is 6.61 Å². The van der Waals surface area contributed by atoms with Gasteiger partial charge in [-0.1, -0.05) is 163 Å². The molecule has 0 saturated carbocycles. The summed E-state index contributed by atoms with van der Waals surface area (Å²) in [7, 11) is 0. The highest BCUT2D eigenvalue weighted by Crippen LogP contribution is 2.38. The van der Waals surface area contributed by atoms with Gasteiger partial charge in [0.05, 0.1) is 6.61 Å². The number of rotatable bonds is 25. The maximum absolute atomic E-state index is 6.20. The van der Waals surface area contributed by atoms with E-state index in [1.54, 1.807) is 0 Å². The highest BCUT2D eigenvalue weighted by molar-refractivity contribution is 5.20. The Morgan fingerprint density at radius 3 is 1.44 bits per heavy atom. The summed E-state index contributed by atoms with van der Waals surface area (Å²) in [5.74, 6) is 7.26. The van der Waals surface area contributed by atoms with Crippen molar-refractivity contribution < 1.29 is 4.74 Å². The van der Waals surface area contributed by atoms with E-state index < -0.39 is 0 Å². The normalized spacial score (nSPS) is 17.2. The van der Waals surface area contributed by atoms with Gasteiger partial charge in [-0.25, -0.2) is 0 Å². The number of para-hydroxylation sites is 1. The third-order valence-corrected chi connectivity index (χ3v) is 10.5. The molecule has 1 aromatic rings. The summed E-state index contributed by atoms with van der Waals surface area (Å²) < 4.78 is 6.20. The summed E-state index contributed by atoms with van der Waals surface area (Å²) >= 11 is 0. The molecule has 39 heavy (non-hydrogen) atoms. The van der Waals surface area contributed by atoms with E-state index in [4.69, 9.17) is 4.74 Å². The maximum Gasteiger partial charge on any atom is 0.119 e. The van der Waals surface area contributed by atoms with Crippen LogP contribution in [-0.2, 0) is 0 Å². The zero-order chi connectivity index (χ0) is 28.9. The summed E-state index contributed by atoms with van der Waals surface area (Å²) in [6, 6.07) is 10.4. The van der Waals surface area contributed by atoms with Crippen LogP contribution in [0.2, 0.25) is 0 Å². The van der Waals surface area contributed by atoms with Crippen molar-refractivity contribution in [3.05, 3.63) is 30.3 Å². The number of ether oxygens (including phenoxy) is 1. The summed E-state index contributed by atoms with van der Waals surface area (Å²) in [5, 5.41) is 0. The van der Waals surface area contributed by atoms with Crippen LogP contribution in [0.1, 0.15) is 158 Å². The van der Waals surface area contributed by atoms with E-state index in [2.05, 4.69) is 85.7 Å². The Morgan fingerprint density at radius 2 is 0.974 bits per heavy atom. The molecule has 0 bridgehead atoms. The van der Waals surface area contributed by atoms with Gasteiger partial charge in [-0.2, -0.15) is 0 Å². The highest BCUT2D eigenvalue weighted by Gasteiger charge is 2.27. The molecule has 0 amide bonds. The molecule has 0 spiro atoms. The van der Waals surface area contributed by atoms with Crippen LogP contribution in [0.5, 0.6) is 5.75 Å². The van der Waals surface area contributed by atoms with E-state index in [-0.39, 0.29) is 0 Å². The number of benzene rings is 1. The third kappa shape index (κ3) is 13.5. The molecule has 0 fully saturated rings. The van der Waals surface area contributed by atoms with Gasteiger partial charge >= 0.3 is 0 Å². The van der Waals surface area contributed by atoms with Crippen molar-refractivity contribution in [3.8, 4) is 5.75 Å². The van der Waals surface area contributed by atoms with Gasteiger partial charge in [-0.05, 0) is 66.4 Å². The number of hydrogen-bond acceptors (Lipinski definition) is 1. The van der Waals surface area contributed by atoms with Crippen molar-refractivity contribution in [2.24, 2.45) is 41.4 Å². The van der Waals surface area contributed by atoms with E-state index in [9.17, 15) is 0 Å². The molecule has 0 radical (unpaired) electrons. The molecule has 1 heteroatoms. The van der Waals surface area contributed by atoms with Crippen molar-refractivity contribution in [2.45, 2.75) is 158 Å². The second kappa shape index (κ2) is 22.7. The van der Waals surface area contributed by atoms with Crippen molar-refractivity contribution in [3.63, 3.8) is 0 Å².